The lowest BCUT2D eigenvalue weighted by Crippen LogP contribution is -2.19. The Morgan fingerprint density at radius 1 is 1.00 bits per heavy atom. The molecule has 0 radical (unpaired) electrons. The first-order valence-electron chi connectivity index (χ1n) is 7.29. The summed E-state index contributed by atoms with van der Waals surface area (Å²) >= 11 is 0. The highest BCUT2D eigenvalue weighted by atomic mass is 32.2. The third kappa shape index (κ3) is 3.99. The summed E-state index contributed by atoms with van der Waals surface area (Å²) < 4.78 is 50.6. The molecule has 0 aliphatic carbocycles. The molecule has 2 aromatic carbocycles. The van der Waals surface area contributed by atoms with Gasteiger partial charge in [0, 0.05) is 0 Å². The molecule has 138 valence electrons. The number of aryl methyl sites for hydroxylation is 1. The molecule has 0 amide bonds. The standard InChI is InChI=1S/C17H16FNO6S/c1-10-4-7-14(13(18)8-10)19-26(22,23)15-9-11(16(20)24-2)5-6-12(15)17(21)25-3/h4-9,19H,1-3H3. The minimum atomic E-state index is -4.40. The van der Waals surface area contributed by atoms with Crippen LogP contribution in [0.1, 0.15) is 26.3 Å². The first-order chi connectivity index (χ1) is 12.2. The van der Waals surface area contributed by atoms with Crippen LogP contribution < -0.4 is 4.72 Å². The lowest BCUT2D eigenvalue weighted by atomic mass is 10.1. The third-order valence-corrected chi connectivity index (χ3v) is 4.87. The van der Waals surface area contributed by atoms with E-state index in [1.54, 1.807) is 6.92 Å². The quantitative estimate of drug-likeness (QED) is 0.799. The Labute approximate surface area is 149 Å². The van der Waals surface area contributed by atoms with Gasteiger partial charge in [-0.15, -0.1) is 0 Å². The van der Waals surface area contributed by atoms with Gasteiger partial charge in [-0.2, -0.15) is 0 Å². The van der Waals surface area contributed by atoms with Gasteiger partial charge in [0.25, 0.3) is 10.0 Å². The third-order valence-electron chi connectivity index (χ3n) is 3.47. The lowest BCUT2D eigenvalue weighted by molar-refractivity contribution is 0.0583. The Bertz CT molecular complexity index is 971. The molecule has 26 heavy (non-hydrogen) atoms. The molecule has 2 rings (SSSR count). The van der Waals surface area contributed by atoms with Crippen molar-refractivity contribution in [3.63, 3.8) is 0 Å². The minimum absolute atomic E-state index is 0.0927. The van der Waals surface area contributed by atoms with E-state index in [1.165, 1.54) is 18.2 Å². The minimum Gasteiger partial charge on any atom is -0.465 e. The summed E-state index contributed by atoms with van der Waals surface area (Å²) in [4.78, 5) is 23.0. The molecule has 0 saturated heterocycles. The number of hydrogen-bond donors (Lipinski definition) is 1. The van der Waals surface area contributed by atoms with Crippen molar-refractivity contribution in [2.24, 2.45) is 0 Å². The fourth-order valence-electron chi connectivity index (χ4n) is 2.17. The molecular formula is C17H16FNO6S. The van der Waals surface area contributed by atoms with Crippen molar-refractivity contribution in [1.29, 1.82) is 0 Å². The summed E-state index contributed by atoms with van der Waals surface area (Å²) in [5.41, 5.74) is -0.0895. The topological polar surface area (TPSA) is 98.8 Å². The van der Waals surface area contributed by atoms with Crippen molar-refractivity contribution in [2.75, 3.05) is 18.9 Å². The Morgan fingerprint density at radius 2 is 1.65 bits per heavy atom. The molecule has 0 saturated carbocycles. The molecule has 0 aliphatic heterocycles. The van der Waals surface area contributed by atoms with Crippen molar-refractivity contribution in [3.05, 3.63) is 58.9 Å². The van der Waals surface area contributed by atoms with Gasteiger partial charge in [-0.1, -0.05) is 6.07 Å². The Balaban J connectivity index is 2.58. The highest BCUT2D eigenvalue weighted by Gasteiger charge is 2.26. The van der Waals surface area contributed by atoms with E-state index in [0.717, 1.165) is 32.4 Å². The summed E-state index contributed by atoms with van der Waals surface area (Å²) in [5.74, 6) is -2.50. The summed E-state index contributed by atoms with van der Waals surface area (Å²) in [5, 5.41) is 0. The Morgan fingerprint density at radius 3 is 2.23 bits per heavy atom. The summed E-state index contributed by atoms with van der Waals surface area (Å²) in [7, 11) is -2.18. The van der Waals surface area contributed by atoms with Crippen LogP contribution >= 0.6 is 0 Å². The molecule has 0 aliphatic rings. The van der Waals surface area contributed by atoms with E-state index in [-0.39, 0.29) is 16.8 Å². The van der Waals surface area contributed by atoms with Crippen molar-refractivity contribution in [2.45, 2.75) is 11.8 Å². The average molecular weight is 381 g/mol. The molecule has 0 aromatic heterocycles. The van der Waals surface area contributed by atoms with Crippen molar-refractivity contribution in [1.82, 2.24) is 0 Å². The molecule has 1 N–H and O–H groups in total. The van der Waals surface area contributed by atoms with Crippen molar-refractivity contribution >= 4 is 27.6 Å². The van der Waals surface area contributed by atoms with Crippen LogP contribution in [0.25, 0.3) is 0 Å². The van der Waals surface area contributed by atoms with Gasteiger partial charge in [0.2, 0.25) is 0 Å². The summed E-state index contributed by atoms with van der Waals surface area (Å²) in [6.07, 6.45) is 0. The van der Waals surface area contributed by atoms with Crippen LogP contribution in [-0.2, 0) is 19.5 Å². The average Bonchev–Trinajstić information content (AvgIpc) is 2.62. The van der Waals surface area contributed by atoms with E-state index < -0.39 is 32.7 Å². The number of ether oxygens (including phenoxy) is 2. The largest absolute Gasteiger partial charge is 0.465 e. The van der Waals surface area contributed by atoms with Crippen molar-refractivity contribution in [3.8, 4) is 0 Å². The van der Waals surface area contributed by atoms with E-state index in [2.05, 4.69) is 14.2 Å². The zero-order valence-corrected chi connectivity index (χ0v) is 15.0. The molecule has 0 spiro atoms. The number of methoxy groups -OCH3 is 2. The van der Waals surface area contributed by atoms with Gasteiger partial charge >= 0.3 is 11.9 Å². The van der Waals surface area contributed by atoms with Crippen LogP contribution in [0.3, 0.4) is 0 Å². The Kier molecular flexibility index (Phi) is 5.61. The first-order valence-corrected chi connectivity index (χ1v) is 8.77. The van der Waals surface area contributed by atoms with Gasteiger partial charge in [0.1, 0.15) is 10.7 Å². The van der Waals surface area contributed by atoms with Gasteiger partial charge in [0.05, 0.1) is 31.0 Å². The second-order valence-electron chi connectivity index (χ2n) is 5.28. The molecule has 0 heterocycles. The van der Waals surface area contributed by atoms with Crippen LogP contribution in [0, 0.1) is 12.7 Å². The molecule has 0 fully saturated rings. The monoisotopic (exact) mass is 381 g/mol. The van der Waals surface area contributed by atoms with Gasteiger partial charge in [0.15, 0.2) is 0 Å². The molecule has 7 nitrogen and oxygen atoms in total. The predicted octanol–water partition coefficient (Wildman–Crippen LogP) is 2.51. The summed E-state index contributed by atoms with van der Waals surface area (Å²) in [6, 6.07) is 7.25. The van der Waals surface area contributed by atoms with Gasteiger partial charge in [-0.3, -0.25) is 4.72 Å². The number of carbonyl (C=O) groups is 2. The number of esters is 2. The highest BCUT2D eigenvalue weighted by molar-refractivity contribution is 7.92. The molecule has 0 atom stereocenters. The lowest BCUT2D eigenvalue weighted by Gasteiger charge is -2.13. The predicted molar refractivity (Wildman–Crippen MR) is 91.1 cm³/mol. The van der Waals surface area contributed by atoms with Gasteiger partial charge in [-0.25, -0.2) is 22.4 Å². The van der Waals surface area contributed by atoms with E-state index in [0.29, 0.717) is 5.56 Å². The van der Waals surface area contributed by atoms with Gasteiger partial charge < -0.3 is 9.47 Å². The number of nitrogens with one attached hydrogen (secondary N) is 1. The first kappa shape index (κ1) is 19.4. The fraction of sp³-hybridized carbons (Fsp3) is 0.176. The molecule has 9 heteroatoms. The second kappa shape index (κ2) is 7.52. The number of hydrogen-bond acceptors (Lipinski definition) is 6. The molecule has 2 aromatic rings. The second-order valence-corrected chi connectivity index (χ2v) is 6.93. The fourth-order valence-corrected chi connectivity index (χ4v) is 3.46. The van der Waals surface area contributed by atoms with Crippen LogP contribution in [0.2, 0.25) is 0 Å². The van der Waals surface area contributed by atoms with E-state index in [9.17, 15) is 22.4 Å². The molecule has 0 unspecified atom stereocenters. The van der Waals surface area contributed by atoms with E-state index in [1.807, 2.05) is 0 Å². The zero-order chi connectivity index (χ0) is 19.5. The number of halogens is 1. The molecular weight excluding hydrogens is 365 g/mol. The van der Waals surface area contributed by atoms with Crippen LogP contribution in [0.4, 0.5) is 10.1 Å². The number of anilines is 1. The molecule has 0 bridgehead atoms. The maximum absolute atomic E-state index is 14.0. The van der Waals surface area contributed by atoms with Crippen LogP contribution in [-0.4, -0.2) is 34.6 Å². The smallest absolute Gasteiger partial charge is 0.339 e. The highest BCUT2D eigenvalue weighted by Crippen LogP contribution is 2.24. The van der Waals surface area contributed by atoms with Crippen LogP contribution in [0.15, 0.2) is 41.3 Å². The number of sulfonamides is 1. The van der Waals surface area contributed by atoms with E-state index in [4.69, 9.17) is 0 Å². The number of rotatable bonds is 5. The van der Waals surface area contributed by atoms with Crippen LogP contribution in [0.5, 0.6) is 0 Å². The SMILES string of the molecule is COC(=O)c1ccc(C(=O)OC)c(S(=O)(=O)Nc2ccc(C)cc2F)c1. The normalized spacial score (nSPS) is 10.9. The van der Waals surface area contributed by atoms with E-state index >= 15 is 0 Å². The maximum atomic E-state index is 14.0. The van der Waals surface area contributed by atoms with Crippen molar-refractivity contribution < 1.29 is 31.9 Å². The number of carbonyl (C=O) groups excluding carboxylic acids is 2. The zero-order valence-electron chi connectivity index (χ0n) is 14.2. The summed E-state index contributed by atoms with van der Waals surface area (Å²) in [6.45, 7) is 1.65. The maximum Gasteiger partial charge on any atom is 0.339 e. The Hall–Kier alpha value is -2.94. The number of benzene rings is 2. The van der Waals surface area contributed by atoms with Gasteiger partial charge in [-0.05, 0) is 42.8 Å².